The molecule has 0 radical (unpaired) electrons. The number of fused-ring (bicyclic) bond motifs is 1. The van der Waals surface area contributed by atoms with Crippen LogP contribution in [0.2, 0.25) is 0 Å². The number of aromatic nitrogens is 3. The number of hydrogen-bond donors (Lipinski definition) is 1. The van der Waals surface area contributed by atoms with E-state index in [4.69, 9.17) is 14.6 Å². The summed E-state index contributed by atoms with van der Waals surface area (Å²) in [5.74, 6) is 0.197. The summed E-state index contributed by atoms with van der Waals surface area (Å²) in [4.78, 5) is 10.9. The highest BCUT2D eigenvalue weighted by Crippen LogP contribution is 2.32. The molecule has 0 unspecified atom stereocenters. The third-order valence-corrected chi connectivity index (χ3v) is 2.87. The minimum atomic E-state index is -1.10. The first-order valence-electron chi connectivity index (χ1n) is 5.72. The van der Waals surface area contributed by atoms with Crippen LogP contribution in [0.4, 0.5) is 0 Å². The number of carbonyl (C=O) groups is 1. The molecular formula is C12H11N3O4. The van der Waals surface area contributed by atoms with Crippen molar-refractivity contribution >= 4 is 5.97 Å². The third-order valence-electron chi connectivity index (χ3n) is 2.87. The molecule has 1 N–H and O–H groups in total. The summed E-state index contributed by atoms with van der Waals surface area (Å²) in [6.45, 7) is 2.67. The molecule has 0 saturated carbocycles. The maximum Gasteiger partial charge on any atom is 0.358 e. The van der Waals surface area contributed by atoms with Gasteiger partial charge < -0.3 is 14.6 Å². The Kier molecular flexibility index (Phi) is 2.59. The summed E-state index contributed by atoms with van der Waals surface area (Å²) in [5, 5.41) is 16.4. The van der Waals surface area contributed by atoms with Crippen molar-refractivity contribution in [2.75, 3.05) is 13.2 Å². The van der Waals surface area contributed by atoms with Crippen molar-refractivity contribution in [3.63, 3.8) is 0 Å². The van der Waals surface area contributed by atoms with Crippen molar-refractivity contribution in [1.82, 2.24) is 15.0 Å². The number of carboxylic acid groups (broad SMARTS) is 1. The first-order chi connectivity index (χ1) is 9.16. The first kappa shape index (κ1) is 11.5. The van der Waals surface area contributed by atoms with Crippen LogP contribution in [-0.4, -0.2) is 39.3 Å². The molecule has 2 heterocycles. The zero-order valence-corrected chi connectivity index (χ0v) is 10.2. The molecule has 0 spiro atoms. The third kappa shape index (κ3) is 1.88. The van der Waals surface area contributed by atoms with Crippen molar-refractivity contribution in [3.05, 3.63) is 29.6 Å². The summed E-state index contributed by atoms with van der Waals surface area (Å²) in [7, 11) is 0. The van der Waals surface area contributed by atoms with Gasteiger partial charge in [0.15, 0.2) is 17.2 Å². The maximum atomic E-state index is 10.9. The molecule has 0 aliphatic carbocycles. The molecule has 7 heteroatoms. The molecule has 7 nitrogen and oxygen atoms in total. The molecule has 0 fully saturated rings. The molecule has 19 heavy (non-hydrogen) atoms. The molecular weight excluding hydrogens is 250 g/mol. The number of carboxylic acids is 1. The van der Waals surface area contributed by atoms with Crippen LogP contribution in [0.5, 0.6) is 11.5 Å². The van der Waals surface area contributed by atoms with Crippen LogP contribution in [0.15, 0.2) is 18.2 Å². The van der Waals surface area contributed by atoms with E-state index in [2.05, 4.69) is 10.3 Å². The van der Waals surface area contributed by atoms with Crippen LogP contribution in [0, 0.1) is 6.92 Å². The predicted octanol–water partition coefficient (Wildman–Crippen LogP) is 1.05. The largest absolute Gasteiger partial charge is 0.486 e. The van der Waals surface area contributed by atoms with Crippen LogP contribution in [0.1, 0.15) is 16.2 Å². The normalized spacial score (nSPS) is 13.3. The SMILES string of the molecule is Cc1c(C(=O)O)nnn1-c1ccc2c(c1)OCCO2. The van der Waals surface area contributed by atoms with Crippen LogP contribution in [0.3, 0.4) is 0 Å². The van der Waals surface area contributed by atoms with Crippen LogP contribution < -0.4 is 9.47 Å². The number of ether oxygens (including phenoxy) is 2. The van der Waals surface area contributed by atoms with Gasteiger partial charge in [-0.15, -0.1) is 5.10 Å². The Bertz CT molecular complexity index is 650. The van der Waals surface area contributed by atoms with Gasteiger partial charge in [-0.3, -0.25) is 0 Å². The van der Waals surface area contributed by atoms with Gasteiger partial charge in [-0.2, -0.15) is 0 Å². The van der Waals surface area contributed by atoms with Gasteiger partial charge >= 0.3 is 5.97 Å². The van der Waals surface area contributed by atoms with E-state index in [1.165, 1.54) is 4.68 Å². The number of benzene rings is 1. The molecule has 2 aromatic rings. The molecule has 0 bridgehead atoms. The van der Waals surface area contributed by atoms with E-state index in [1.54, 1.807) is 25.1 Å². The van der Waals surface area contributed by atoms with E-state index in [-0.39, 0.29) is 5.69 Å². The van der Waals surface area contributed by atoms with Gasteiger partial charge in [0.05, 0.1) is 11.4 Å². The molecule has 98 valence electrons. The fourth-order valence-corrected chi connectivity index (χ4v) is 1.94. The lowest BCUT2D eigenvalue weighted by Gasteiger charge is -2.18. The lowest BCUT2D eigenvalue weighted by molar-refractivity contribution is 0.0689. The van der Waals surface area contributed by atoms with Crippen molar-refractivity contribution in [1.29, 1.82) is 0 Å². The highest BCUT2D eigenvalue weighted by atomic mass is 16.6. The van der Waals surface area contributed by atoms with Gasteiger partial charge in [-0.25, -0.2) is 9.48 Å². The molecule has 1 aliphatic rings. The van der Waals surface area contributed by atoms with E-state index in [1.807, 2.05) is 0 Å². The average molecular weight is 261 g/mol. The molecule has 0 atom stereocenters. The zero-order valence-electron chi connectivity index (χ0n) is 10.2. The summed E-state index contributed by atoms with van der Waals surface area (Å²) >= 11 is 0. The quantitative estimate of drug-likeness (QED) is 0.869. The smallest absolute Gasteiger partial charge is 0.358 e. The number of aromatic carboxylic acids is 1. The van der Waals surface area contributed by atoms with Gasteiger partial charge in [0.2, 0.25) is 0 Å². The Morgan fingerprint density at radius 1 is 1.32 bits per heavy atom. The lowest BCUT2D eigenvalue weighted by Crippen LogP contribution is -2.15. The lowest BCUT2D eigenvalue weighted by atomic mass is 10.2. The Morgan fingerprint density at radius 2 is 2.05 bits per heavy atom. The topological polar surface area (TPSA) is 86.5 Å². The summed E-state index contributed by atoms with van der Waals surface area (Å²) in [5.41, 5.74) is 1.08. The zero-order chi connectivity index (χ0) is 13.4. The number of rotatable bonds is 2. The van der Waals surface area contributed by atoms with Crippen LogP contribution in [0.25, 0.3) is 5.69 Å². The highest BCUT2D eigenvalue weighted by Gasteiger charge is 2.18. The monoisotopic (exact) mass is 261 g/mol. The van der Waals surface area contributed by atoms with E-state index in [9.17, 15) is 4.79 Å². The second-order valence-corrected chi connectivity index (χ2v) is 4.07. The Morgan fingerprint density at radius 3 is 2.74 bits per heavy atom. The first-order valence-corrected chi connectivity index (χ1v) is 5.72. The van der Waals surface area contributed by atoms with E-state index < -0.39 is 5.97 Å². The maximum absolute atomic E-state index is 10.9. The van der Waals surface area contributed by atoms with Gasteiger partial charge in [0.1, 0.15) is 13.2 Å². The standard InChI is InChI=1S/C12H11N3O4/c1-7-11(12(16)17)13-14-15(7)8-2-3-9-10(6-8)19-5-4-18-9/h2-3,6H,4-5H2,1H3,(H,16,17). The average Bonchev–Trinajstić information content (AvgIpc) is 2.80. The van der Waals surface area contributed by atoms with Gasteiger partial charge in [0.25, 0.3) is 0 Å². The predicted molar refractivity (Wildman–Crippen MR) is 64.0 cm³/mol. The fourth-order valence-electron chi connectivity index (χ4n) is 1.94. The Hall–Kier alpha value is -2.57. The van der Waals surface area contributed by atoms with Crippen molar-refractivity contribution in [2.45, 2.75) is 6.92 Å². The van der Waals surface area contributed by atoms with Gasteiger partial charge in [0, 0.05) is 6.07 Å². The summed E-state index contributed by atoms with van der Waals surface area (Å²) in [6.07, 6.45) is 0. The molecule has 1 aromatic heterocycles. The fraction of sp³-hybridized carbons (Fsp3) is 0.250. The van der Waals surface area contributed by atoms with E-state index in [0.29, 0.717) is 36.1 Å². The molecule has 1 aromatic carbocycles. The molecule has 0 saturated heterocycles. The van der Waals surface area contributed by atoms with Gasteiger partial charge in [-0.1, -0.05) is 5.21 Å². The number of hydrogen-bond acceptors (Lipinski definition) is 5. The van der Waals surface area contributed by atoms with E-state index in [0.717, 1.165) is 0 Å². The van der Waals surface area contributed by atoms with Gasteiger partial charge in [-0.05, 0) is 19.1 Å². The molecule has 0 amide bonds. The Balaban J connectivity index is 2.05. The van der Waals surface area contributed by atoms with Crippen LogP contribution >= 0.6 is 0 Å². The highest BCUT2D eigenvalue weighted by molar-refractivity contribution is 5.86. The minimum absolute atomic E-state index is 0.0603. The number of nitrogens with zero attached hydrogens (tertiary/aromatic N) is 3. The second kappa shape index (κ2) is 4.27. The summed E-state index contributed by atoms with van der Waals surface area (Å²) < 4.78 is 12.4. The van der Waals surface area contributed by atoms with Crippen molar-refractivity contribution in [2.24, 2.45) is 0 Å². The molecule has 1 aliphatic heterocycles. The van der Waals surface area contributed by atoms with E-state index >= 15 is 0 Å². The minimum Gasteiger partial charge on any atom is -0.486 e. The van der Waals surface area contributed by atoms with Crippen molar-refractivity contribution < 1.29 is 19.4 Å². The second-order valence-electron chi connectivity index (χ2n) is 4.07. The Labute approximate surface area is 108 Å². The van der Waals surface area contributed by atoms with Crippen molar-refractivity contribution in [3.8, 4) is 17.2 Å². The summed E-state index contributed by atoms with van der Waals surface area (Å²) in [6, 6.07) is 5.30. The molecule has 3 rings (SSSR count). The van der Waals surface area contributed by atoms with Crippen LogP contribution in [-0.2, 0) is 0 Å².